The number of morpholine rings is 1. The van der Waals surface area contributed by atoms with Crippen molar-refractivity contribution < 1.29 is 22.6 Å². The predicted octanol–water partition coefficient (Wildman–Crippen LogP) is 2.28. The lowest BCUT2D eigenvalue weighted by Gasteiger charge is -2.33. The Morgan fingerprint density at radius 3 is 2.60 bits per heavy atom. The van der Waals surface area contributed by atoms with E-state index in [2.05, 4.69) is 21.8 Å². The van der Waals surface area contributed by atoms with Crippen molar-refractivity contribution in [2.75, 3.05) is 46.1 Å². The Morgan fingerprint density at radius 2 is 1.87 bits per heavy atom. The minimum absolute atomic E-state index is 0.182. The lowest BCUT2D eigenvalue weighted by Crippen LogP contribution is -2.47. The molecule has 164 valence electrons. The van der Waals surface area contributed by atoms with Gasteiger partial charge in [0.2, 0.25) is 10.0 Å². The molecule has 1 aliphatic rings. The van der Waals surface area contributed by atoms with E-state index in [4.69, 9.17) is 14.2 Å². The normalized spacial score (nSPS) is 17.7. The third kappa shape index (κ3) is 7.07. The molecule has 1 unspecified atom stereocenters. The first-order valence-electron chi connectivity index (χ1n) is 10.2. The number of rotatable bonds is 11. The number of benzene rings is 2. The maximum Gasteiger partial charge on any atom is 0.240 e. The van der Waals surface area contributed by atoms with Crippen LogP contribution in [0.2, 0.25) is 0 Å². The van der Waals surface area contributed by atoms with Gasteiger partial charge in [0.1, 0.15) is 12.4 Å². The van der Waals surface area contributed by atoms with E-state index >= 15 is 0 Å². The van der Waals surface area contributed by atoms with Crippen LogP contribution in [0.3, 0.4) is 0 Å². The number of sulfonamides is 1. The first-order valence-corrected chi connectivity index (χ1v) is 11.7. The van der Waals surface area contributed by atoms with E-state index in [0.29, 0.717) is 38.7 Å². The highest BCUT2D eigenvalue weighted by Gasteiger charge is 2.23. The molecule has 0 saturated carbocycles. The smallest absolute Gasteiger partial charge is 0.240 e. The van der Waals surface area contributed by atoms with E-state index in [1.165, 1.54) is 5.56 Å². The molecule has 8 heteroatoms. The van der Waals surface area contributed by atoms with Crippen molar-refractivity contribution in [1.82, 2.24) is 9.62 Å². The zero-order valence-corrected chi connectivity index (χ0v) is 18.1. The molecule has 1 saturated heterocycles. The molecule has 1 aliphatic heterocycles. The second-order valence-electron chi connectivity index (χ2n) is 7.08. The highest BCUT2D eigenvalue weighted by molar-refractivity contribution is 7.89. The van der Waals surface area contributed by atoms with Crippen molar-refractivity contribution in [3.05, 3.63) is 60.2 Å². The van der Waals surface area contributed by atoms with E-state index in [0.717, 1.165) is 13.1 Å². The third-order valence-electron chi connectivity index (χ3n) is 4.81. The molecule has 1 atom stereocenters. The molecule has 3 rings (SSSR count). The van der Waals surface area contributed by atoms with Crippen LogP contribution in [-0.2, 0) is 26.0 Å². The van der Waals surface area contributed by atoms with Crippen LogP contribution >= 0.6 is 0 Å². The Morgan fingerprint density at radius 1 is 1.10 bits per heavy atom. The molecular weight excluding hydrogens is 404 g/mol. The highest BCUT2D eigenvalue weighted by Crippen LogP contribution is 2.16. The molecule has 0 bridgehead atoms. The van der Waals surface area contributed by atoms with Gasteiger partial charge in [0.05, 0.1) is 24.2 Å². The molecule has 0 radical (unpaired) electrons. The van der Waals surface area contributed by atoms with Gasteiger partial charge in [-0.25, -0.2) is 13.1 Å². The Labute approximate surface area is 179 Å². The summed E-state index contributed by atoms with van der Waals surface area (Å²) in [6, 6.07) is 16.6. The Balaban J connectivity index is 1.48. The van der Waals surface area contributed by atoms with Crippen molar-refractivity contribution in [2.24, 2.45) is 0 Å². The maximum atomic E-state index is 12.6. The van der Waals surface area contributed by atoms with Gasteiger partial charge in [-0.05, 0) is 36.8 Å². The van der Waals surface area contributed by atoms with Gasteiger partial charge in [-0.2, -0.15) is 0 Å². The van der Waals surface area contributed by atoms with Crippen molar-refractivity contribution >= 4 is 10.0 Å². The average molecular weight is 435 g/mol. The molecule has 0 aliphatic carbocycles. The summed E-state index contributed by atoms with van der Waals surface area (Å²) in [5, 5.41) is 0. The second-order valence-corrected chi connectivity index (χ2v) is 8.85. The SMILES string of the molecule is CCOCCOc1ccc(S(=O)(=O)NCC2CN(Cc3ccccc3)CCO2)cc1. The zero-order valence-electron chi connectivity index (χ0n) is 17.3. The number of hydrogen-bond donors (Lipinski definition) is 1. The van der Waals surface area contributed by atoms with Crippen molar-refractivity contribution in [2.45, 2.75) is 24.5 Å². The third-order valence-corrected chi connectivity index (χ3v) is 6.25. The van der Waals surface area contributed by atoms with Crippen LogP contribution in [0.15, 0.2) is 59.5 Å². The summed E-state index contributed by atoms with van der Waals surface area (Å²) in [5.41, 5.74) is 1.24. The summed E-state index contributed by atoms with van der Waals surface area (Å²) in [6.07, 6.45) is -0.182. The molecule has 1 heterocycles. The number of nitrogens with one attached hydrogen (secondary N) is 1. The minimum atomic E-state index is -3.61. The van der Waals surface area contributed by atoms with E-state index in [-0.39, 0.29) is 17.5 Å². The van der Waals surface area contributed by atoms with E-state index in [1.807, 2.05) is 25.1 Å². The number of nitrogens with zero attached hydrogens (tertiary/aromatic N) is 1. The van der Waals surface area contributed by atoms with Gasteiger partial charge < -0.3 is 14.2 Å². The van der Waals surface area contributed by atoms with Gasteiger partial charge in [0.15, 0.2) is 0 Å². The first-order chi connectivity index (χ1) is 14.6. The first kappa shape index (κ1) is 22.7. The van der Waals surface area contributed by atoms with Gasteiger partial charge in [-0.1, -0.05) is 30.3 Å². The van der Waals surface area contributed by atoms with E-state index in [9.17, 15) is 8.42 Å². The monoisotopic (exact) mass is 434 g/mol. The fourth-order valence-electron chi connectivity index (χ4n) is 3.25. The highest BCUT2D eigenvalue weighted by atomic mass is 32.2. The minimum Gasteiger partial charge on any atom is -0.491 e. The van der Waals surface area contributed by atoms with Crippen molar-refractivity contribution in [3.8, 4) is 5.75 Å². The van der Waals surface area contributed by atoms with Crippen LogP contribution in [0, 0.1) is 0 Å². The lowest BCUT2D eigenvalue weighted by molar-refractivity contribution is -0.0276. The van der Waals surface area contributed by atoms with Gasteiger partial charge in [0, 0.05) is 32.8 Å². The Kier molecular flexibility index (Phi) is 8.65. The largest absolute Gasteiger partial charge is 0.491 e. The molecule has 0 aromatic heterocycles. The molecule has 1 N–H and O–H groups in total. The molecular formula is C22H30N2O5S. The summed E-state index contributed by atoms with van der Waals surface area (Å²) >= 11 is 0. The molecule has 1 fully saturated rings. The van der Waals surface area contributed by atoms with Crippen LogP contribution in [0.1, 0.15) is 12.5 Å². The summed E-state index contributed by atoms with van der Waals surface area (Å²) in [7, 11) is -3.61. The fourth-order valence-corrected chi connectivity index (χ4v) is 4.32. The Hall–Kier alpha value is -1.97. The number of hydrogen-bond acceptors (Lipinski definition) is 6. The Bertz CT molecular complexity index is 859. The quantitative estimate of drug-likeness (QED) is 0.547. The average Bonchev–Trinajstić information content (AvgIpc) is 2.77. The van der Waals surface area contributed by atoms with Gasteiger partial charge in [0.25, 0.3) is 0 Å². The maximum absolute atomic E-state index is 12.6. The standard InChI is InChI=1S/C22H30N2O5S/c1-2-27-14-15-29-20-8-10-22(11-9-20)30(25,26)23-16-21-18-24(12-13-28-21)17-19-6-4-3-5-7-19/h3-11,21,23H,2,12-18H2,1H3. The van der Waals surface area contributed by atoms with Crippen LogP contribution in [0.5, 0.6) is 5.75 Å². The van der Waals surface area contributed by atoms with Crippen molar-refractivity contribution in [1.29, 1.82) is 0 Å². The number of ether oxygens (including phenoxy) is 3. The second kappa shape index (κ2) is 11.4. The molecule has 30 heavy (non-hydrogen) atoms. The van der Waals surface area contributed by atoms with Gasteiger partial charge in [-0.15, -0.1) is 0 Å². The topological polar surface area (TPSA) is 77.1 Å². The predicted molar refractivity (Wildman–Crippen MR) is 115 cm³/mol. The molecule has 2 aromatic carbocycles. The van der Waals surface area contributed by atoms with Crippen LogP contribution < -0.4 is 9.46 Å². The van der Waals surface area contributed by atoms with E-state index < -0.39 is 10.0 Å². The van der Waals surface area contributed by atoms with Crippen LogP contribution in [-0.4, -0.2) is 65.5 Å². The van der Waals surface area contributed by atoms with Gasteiger partial charge >= 0.3 is 0 Å². The summed E-state index contributed by atoms with van der Waals surface area (Å²) in [4.78, 5) is 2.49. The van der Waals surface area contributed by atoms with E-state index in [1.54, 1.807) is 24.3 Å². The molecule has 0 amide bonds. The molecule has 0 spiro atoms. The lowest BCUT2D eigenvalue weighted by atomic mass is 10.2. The summed E-state index contributed by atoms with van der Waals surface area (Å²) in [5.74, 6) is 0.612. The van der Waals surface area contributed by atoms with Crippen LogP contribution in [0.25, 0.3) is 0 Å². The summed E-state index contributed by atoms with van der Waals surface area (Å²) < 4.78 is 44.4. The van der Waals surface area contributed by atoms with Gasteiger partial charge in [-0.3, -0.25) is 4.90 Å². The van der Waals surface area contributed by atoms with Crippen LogP contribution in [0.4, 0.5) is 0 Å². The fraction of sp³-hybridized carbons (Fsp3) is 0.455. The molecule has 2 aromatic rings. The zero-order chi connectivity index (χ0) is 21.2. The summed E-state index contributed by atoms with van der Waals surface area (Å²) in [6.45, 7) is 6.67. The van der Waals surface area contributed by atoms with Crippen molar-refractivity contribution in [3.63, 3.8) is 0 Å². The molecule has 7 nitrogen and oxygen atoms in total.